The fourth-order valence-corrected chi connectivity index (χ4v) is 4.62. The molecule has 2 saturated carbocycles. The average molecular weight is 343 g/mol. The van der Waals surface area contributed by atoms with Gasteiger partial charge < -0.3 is 14.4 Å². The molecule has 4 rings (SSSR count). The van der Waals surface area contributed by atoms with Crippen LogP contribution in [0.15, 0.2) is 24.3 Å². The summed E-state index contributed by atoms with van der Waals surface area (Å²) in [4.78, 5) is 15.3. The maximum atomic E-state index is 13.1. The second-order valence-corrected chi connectivity index (χ2v) is 7.77. The number of fused-ring (bicyclic) bond motifs is 1. The van der Waals surface area contributed by atoms with Gasteiger partial charge in [-0.1, -0.05) is 25.0 Å². The molecule has 0 radical (unpaired) electrons. The summed E-state index contributed by atoms with van der Waals surface area (Å²) in [6.07, 6.45) is 8.08. The van der Waals surface area contributed by atoms with Crippen LogP contribution in [-0.4, -0.2) is 43.2 Å². The summed E-state index contributed by atoms with van der Waals surface area (Å²) in [5.41, 5.74) is 1.28. The molecule has 3 aliphatic rings. The molecule has 0 aromatic heterocycles. The third-order valence-electron chi connectivity index (χ3n) is 6.18. The zero-order valence-corrected chi connectivity index (χ0v) is 15.2. The van der Waals surface area contributed by atoms with Gasteiger partial charge in [0.1, 0.15) is 5.75 Å². The van der Waals surface area contributed by atoms with Crippen LogP contribution in [0.3, 0.4) is 0 Å². The Morgan fingerprint density at radius 1 is 1.20 bits per heavy atom. The van der Waals surface area contributed by atoms with E-state index in [1.165, 1.54) is 31.2 Å². The van der Waals surface area contributed by atoms with E-state index in [4.69, 9.17) is 9.47 Å². The molecule has 1 amide bonds. The first-order chi connectivity index (χ1) is 12.3. The van der Waals surface area contributed by atoms with Gasteiger partial charge in [0.25, 0.3) is 0 Å². The van der Waals surface area contributed by atoms with Gasteiger partial charge in [-0.2, -0.15) is 0 Å². The van der Waals surface area contributed by atoms with Crippen molar-refractivity contribution >= 4 is 5.91 Å². The molecule has 1 aliphatic heterocycles. The van der Waals surface area contributed by atoms with Crippen LogP contribution in [0.5, 0.6) is 5.75 Å². The lowest BCUT2D eigenvalue weighted by atomic mass is 9.87. The van der Waals surface area contributed by atoms with Gasteiger partial charge in [-0.25, -0.2) is 0 Å². The van der Waals surface area contributed by atoms with Crippen LogP contribution < -0.4 is 4.74 Å². The number of carbonyl (C=O) groups excluding carboxylic acids is 1. The van der Waals surface area contributed by atoms with Crippen LogP contribution >= 0.6 is 0 Å². The number of hydrogen-bond acceptors (Lipinski definition) is 3. The quantitative estimate of drug-likeness (QED) is 0.817. The Kier molecular flexibility index (Phi) is 4.98. The Morgan fingerprint density at radius 2 is 1.96 bits per heavy atom. The number of morpholine rings is 1. The molecule has 3 fully saturated rings. The van der Waals surface area contributed by atoms with Gasteiger partial charge in [-0.3, -0.25) is 4.79 Å². The van der Waals surface area contributed by atoms with Crippen LogP contribution in [0.25, 0.3) is 0 Å². The molecule has 0 spiro atoms. The van der Waals surface area contributed by atoms with Crippen molar-refractivity contribution in [1.82, 2.24) is 4.90 Å². The lowest BCUT2D eigenvalue weighted by Crippen LogP contribution is -2.55. The van der Waals surface area contributed by atoms with E-state index in [0.717, 1.165) is 25.1 Å². The van der Waals surface area contributed by atoms with Gasteiger partial charge in [0.15, 0.2) is 0 Å². The van der Waals surface area contributed by atoms with Crippen molar-refractivity contribution in [3.05, 3.63) is 29.8 Å². The van der Waals surface area contributed by atoms with Crippen molar-refractivity contribution in [2.24, 2.45) is 5.92 Å². The van der Waals surface area contributed by atoms with E-state index < -0.39 is 0 Å². The molecule has 0 bridgehead atoms. The lowest BCUT2D eigenvalue weighted by molar-refractivity contribution is -0.150. The summed E-state index contributed by atoms with van der Waals surface area (Å²) < 4.78 is 11.2. The van der Waals surface area contributed by atoms with Gasteiger partial charge in [-0.05, 0) is 55.2 Å². The summed E-state index contributed by atoms with van der Waals surface area (Å²) in [5, 5.41) is 0. The molecular weight excluding hydrogens is 314 g/mol. The first kappa shape index (κ1) is 16.9. The fourth-order valence-electron chi connectivity index (χ4n) is 4.62. The number of ether oxygens (including phenoxy) is 2. The molecule has 25 heavy (non-hydrogen) atoms. The molecule has 0 N–H and O–H groups in total. The molecule has 136 valence electrons. The van der Waals surface area contributed by atoms with Crippen LogP contribution in [0.1, 0.15) is 56.4 Å². The number of amides is 1. The number of hydrogen-bond donors (Lipinski definition) is 0. The summed E-state index contributed by atoms with van der Waals surface area (Å²) in [6.45, 7) is 1.46. The minimum atomic E-state index is 0.270. The van der Waals surface area contributed by atoms with E-state index in [0.29, 0.717) is 36.8 Å². The van der Waals surface area contributed by atoms with E-state index in [2.05, 4.69) is 17.0 Å². The van der Waals surface area contributed by atoms with Gasteiger partial charge >= 0.3 is 0 Å². The largest absolute Gasteiger partial charge is 0.497 e. The maximum absolute atomic E-state index is 13.1. The van der Waals surface area contributed by atoms with E-state index in [1.54, 1.807) is 7.11 Å². The van der Waals surface area contributed by atoms with E-state index >= 15 is 0 Å². The molecule has 3 unspecified atom stereocenters. The minimum Gasteiger partial charge on any atom is -0.497 e. The molecule has 1 saturated heterocycles. The van der Waals surface area contributed by atoms with Gasteiger partial charge in [0.2, 0.25) is 5.91 Å². The Bertz CT molecular complexity index is 594. The number of methoxy groups -OCH3 is 1. The third kappa shape index (κ3) is 3.69. The molecular formula is C21H29NO3. The first-order valence-corrected chi connectivity index (χ1v) is 9.81. The summed E-state index contributed by atoms with van der Waals surface area (Å²) >= 11 is 0. The normalized spacial score (nSPS) is 27.5. The highest BCUT2D eigenvalue weighted by atomic mass is 16.5. The highest BCUT2D eigenvalue weighted by molar-refractivity contribution is 5.78. The topological polar surface area (TPSA) is 38.8 Å². The predicted molar refractivity (Wildman–Crippen MR) is 96.8 cm³/mol. The summed E-state index contributed by atoms with van der Waals surface area (Å²) in [7, 11) is 1.69. The van der Waals surface area contributed by atoms with Crippen LogP contribution in [0, 0.1) is 5.92 Å². The number of nitrogens with zero attached hydrogens (tertiary/aromatic N) is 1. The lowest BCUT2D eigenvalue weighted by Gasteiger charge is -2.44. The molecule has 1 aromatic carbocycles. The highest BCUT2D eigenvalue weighted by Gasteiger charge is 2.39. The van der Waals surface area contributed by atoms with E-state index in [-0.39, 0.29) is 6.10 Å². The number of rotatable bonds is 5. The van der Waals surface area contributed by atoms with E-state index in [9.17, 15) is 4.79 Å². The van der Waals surface area contributed by atoms with Gasteiger partial charge in [-0.15, -0.1) is 0 Å². The molecule has 2 aliphatic carbocycles. The number of benzene rings is 1. The molecule has 1 heterocycles. The van der Waals surface area contributed by atoms with Crippen molar-refractivity contribution < 1.29 is 14.3 Å². The van der Waals surface area contributed by atoms with E-state index in [1.807, 2.05) is 12.1 Å². The van der Waals surface area contributed by atoms with Crippen LogP contribution in [-0.2, 0) is 9.53 Å². The fraction of sp³-hybridized carbons (Fsp3) is 0.667. The van der Waals surface area contributed by atoms with Crippen LogP contribution in [0.4, 0.5) is 0 Å². The predicted octanol–water partition coefficient (Wildman–Crippen LogP) is 3.75. The van der Waals surface area contributed by atoms with Gasteiger partial charge in [0, 0.05) is 13.0 Å². The molecule has 4 nitrogen and oxygen atoms in total. The standard InChI is InChI=1S/C21H29NO3/c1-24-17-10-8-16(9-11-17)18(15-6-7-15)14-21(23)22-12-13-25-20-5-3-2-4-19(20)22/h8-11,15,18-20H,2-7,12-14H2,1H3. The third-order valence-corrected chi connectivity index (χ3v) is 6.18. The van der Waals surface area contributed by atoms with Crippen molar-refractivity contribution in [3.63, 3.8) is 0 Å². The number of carbonyl (C=O) groups is 1. The Labute approximate surface area is 150 Å². The van der Waals surface area contributed by atoms with Crippen molar-refractivity contribution in [2.75, 3.05) is 20.3 Å². The van der Waals surface area contributed by atoms with Crippen LogP contribution in [0.2, 0.25) is 0 Å². The molecule has 3 atom stereocenters. The second-order valence-electron chi connectivity index (χ2n) is 7.77. The molecule has 4 heteroatoms. The smallest absolute Gasteiger partial charge is 0.223 e. The van der Waals surface area contributed by atoms with Gasteiger partial charge in [0.05, 0.1) is 25.9 Å². The summed E-state index contributed by atoms with van der Waals surface area (Å²) in [6, 6.07) is 8.61. The monoisotopic (exact) mass is 343 g/mol. The first-order valence-electron chi connectivity index (χ1n) is 9.81. The molecule has 1 aromatic rings. The van der Waals surface area contributed by atoms with Crippen molar-refractivity contribution in [3.8, 4) is 5.75 Å². The Morgan fingerprint density at radius 3 is 2.68 bits per heavy atom. The summed E-state index contributed by atoms with van der Waals surface area (Å²) in [5.74, 6) is 2.22. The second kappa shape index (κ2) is 7.36. The van der Waals surface area contributed by atoms with Crippen molar-refractivity contribution in [2.45, 2.75) is 63.0 Å². The Hall–Kier alpha value is -1.55. The zero-order chi connectivity index (χ0) is 17.2. The van der Waals surface area contributed by atoms with Crippen molar-refractivity contribution in [1.29, 1.82) is 0 Å². The minimum absolute atomic E-state index is 0.270. The average Bonchev–Trinajstić information content (AvgIpc) is 3.50. The Balaban J connectivity index is 1.46. The zero-order valence-electron chi connectivity index (χ0n) is 15.2. The highest BCUT2D eigenvalue weighted by Crippen LogP contribution is 2.45. The maximum Gasteiger partial charge on any atom is 0.223 e. The SMILES string of the molecule is COc1ccc(C(CC(=O)N2CCOC3CCCCC32)C2CC2)cc1.